The molecule has 0 aliphatic carbocycles. The summed E-state index contributed by atoms with van der Waals surface area (Å²) in [6.07, 6.45) is 2.93. The Morgan fingerprint density at radius 2 is 1.70 bits per heavy atom. The van der Waals surface area contributed by atoms with Crippen molar-refractivity contribution in [3.63, 3.8) is 0 Å². The molecule has 4 nitrogen and oxygen atoms in total. The normalized spacial score (nSPS) is 24.8. The molecular weight excluding hydrogens is 272 g/mol. The van der Waals surface area contributed by atoms with E-state index < -0.39 is 10.0 Å². The number of nitrogens with two attached hydrogens (primary N) is 1. The second kappa shape index (κ2) is 5.37. The van der Waals surface area contributed by atoms with Crippen LogP contribution in [0, 0.1) is 13.8 Å². The van der Waals surface area contributed by atoms with Crippen LogP contribution in [0.25, 0.3) is 0 Å². The standard InChI is InChI=1S/C15H24N2O2S/c1-10-8-14(16)13(4)15(9-10)20(18,19)17-11(2)6-5-7-12(17)3/h8-9,11-12H,5-7,16H2,1-4H3/t11-,12+. The van der Waals surface area contributed by atoms with E-state index in [0.29, 0.717) is 16.1 Å². The highest BCUT2D eigenvalue weighted by atomic mass is 32.2. The van der Waals surface area contributed by atoms with E-state index in [1.807, 2.05) is 26.8 Å². The van der Waals surface area contributed by atoms with Crippen LogP contribution in [0.15, 0.2) is 17.0 Å². The first-order valence-corrected chi connectivity index (χ1v) is 8.59. The molecule has 0 aromatic heterocycles. The molecule has 1 aromatic rings. The number of anilines is 1. The van der Waals surface area contributed by atoms with Gasteiger partial charge in [0.05, 0.1) is 4.90 Å². The van der Waals surface area contributed by atoms with Crippen LogP contribution >= 0.6 is 0 Å². The van der Waals surface area contributed by atoms with Crippen molar-refractivity contribution in [3.8, 4) is 0 Å². The molecule has 5 heteroatoms. The highest BCUT2D eigenvalue weighted by Crippen LogP contribution is 2.32. The summed E-state index contributed by atoms with van der Waals surface area (Å²) >= 11 is 0. The SMILES string of the molecule is Cc1cc(N)c(C)c(S(=O)(=O)N2[C@H](C)CCC[C@@H]2C)c1. The third-order valence-electron chi connectivity index (χ3n) is 4.21. The number of aryl methyl sites for hydroxylation is 1. The first-order chi connectivity index (χ1) is 9.25. The Labute approximate surface area is 122 Å². The van der Waals surface area contributed by atoms with E-state index in [-0.39, 0.29) is 12.1 Å². The van der Waals surface area contributed by atoms with Crippen molar-refractivity contribution >= 4 is 15.7 Å². The van der Waals surface area contributed by atoms with Gasteiger partial charge in [-0.05, 0) is 63.8 Å². The maximum absolute atomic E-state index is 13.0. The third kappa shape index (κ3) is 2.56. The fourth-order valence-electron chi connectivity index (χ4n) is 3.11. The van der Waals surface area contributed by atoms with E-state index >= 15 is 0 Å². The number of hydrogen-bond donors (Lipinski definition) is 1. The molecule has 1 fully saturated rings. The van der Waals surface area contributed by atoms with E-state index in [1.54, 1.807) is 17.3 Å². The van der Waals surface area contributed by atoms with Crippen molar-refractivity contribution in [2.75, 3.05) is 5.73 Å². The minimum Gasteiger partial charge on any atom is -0.398 e. The largest absolute Gasteiger partial charge is 0.398 e. The van der Waals surface area contributed by atoms with Crippen LogP contribution in [-0.2, 0) is 10.0 Å². The van der Waals surface area contributed by atoms with Crippen molar-refractivity contribution in [3.05, 3.63) is 23.3 Å². The lowest BCUT2D eigenvalue weighted by atomic mass is 10.0. The molecule has 1 aliphatic heterocycles. The van der Waals surface area contributed by atoms with Gasteiger partial charge in [0.1, 0.15) is 0 Å². The summed E-state index contributed by atoms with van der Waals surface area (Å²) in [4.78, 5) is 0.357. The summed E-state index contributed by atoms with van der Waals surface area (Å²) in [6, 6.07) is 3.64. The van der Waals surface area contributed by atoms with Crippen LogP contribution in [0.4, 0.5) is 5.69 Å². The van der Waals surface area contributed by atoms with Gasteiger partial charge in [-0.2, -0.15) is 4.31 Å². The second-order valence-corrected chi connectivity index (χ2v) is 7.75. The zero-order valence-corrected chi connectivity index (χ0v) is 13.5. The lowest BCUT2D eigenvalue weighted by Crippen LogP contribution is -2.47. The molecule has 0 saturated carbocycles. The van der Waals surface area contributed by atoms with Gasteiger partial charge in [-0.3, -0.25) is 0 Å². The molecule has 1 saturated heterocycles. The third-order valence-corrected chi connectivity index (χ3v) is 6.47. The van der Waals surface area contributed by atoms with Gasteiger partial charge in [-0.15, -0.1) is 0 Å². The highest BCUT2D eigenvalue weighted by molar-refractivity contribution is 7.89. The number of hydrogen-bond acceptors (Lipinski definition) is 3. The Morgan fingerprint density at radius 1 is 1.15 bits per heavy atom. The molecule has 2 N–H and O–H groups in total. The number of benzene rings is 1. The average Bonchev–Trinajstić information content (AvgIpc) is 2.33. The predicted octanol–water partition coefficient (Wildman–Crippen LogP) is 2.84. The number of sulfonamides is 1. The summed E-state index contributed by atoms with van der Waals surface area (Å²) in [5.41, 5.74) is 8.01. The molecule has 0 radical (unpaired) electrons. The average molecular weight is 296 g/mol. The topological polar surface area (TPSA) is 63.4 Å². The van der Waals surface area contributed by atoms with Crippen LogP contribution in [0.1, 0.15) is 44.2 Å². The zero-order chi connectivity index (χ0) is 15.1. The van der Waals surface area contributed by atoms with Crippen molar-refractivity contribution < 1.29 is 8.42 Å². The molecular formula is C15H24N2O2S. The van der Waals surface area contributed by atoms with E-state index in [2.05, 4.69) is 0 Å². The van der Waals surface area contributed by atoms with Gasteiger partial charge in [0, 0.05) is 17.8 Å². The van der Waals surface area contributed by atoms with Crippen LogP contribution in [-0.4, -0.2) is 24.8 Å². The van der Waals surface area contributed by atoms with Crippen LogP contribution in [0.3, 0.4) is 0 Å². The molecule has 0 spiro atoms. The van der Waals surface area contributed by atoms with Crippen molar-refractivity contribution in [2.24, 2.45) is 0 Å². The Morgan fingerprint density at radius 3 is 2.25 bits per heavy atom. The Kier molecular flexibility index (Phi) is 4.12. The summed E-state index contributed by atoms with van der Waals surface area (Å²) in [5.74, 6) is 0. The first kappa shape index (κ1) is 15.3. The fraction of sp³-hybridized carbons (Fsp3) is 0.600. The van der Waals surface area contributed by atoms with E-state index in [4.69, 9.17) is 5.73 Å². The molecule has 0 unspecified atom stereocenters. The van der Waals surface area contributed by atoms with Gasteiger partial charge in [0.25, 0.3) is 0 Å². The molecule has 112 valence electrons. The van der Waals surface area contributed by atoms with Gasteiger partial charge in [-0.1, -0.05) is 6.42 Å². The minimum atomic E-state index is -3.48. The van der Waals surface area contributed by atoms with Gasteiger partial charge in [0.2, 0.25) is 10.0 Å². The number of nitrogens with zero attached hydrogens (tertiary/aromatic N) is 1. The van der Waals surface area contributed by atoms with Gasteiger partial charge >= 0.3 is 0 Å². The summed E-state index contributed by atoms with van der Waals surface area (Å²) in [7, 11) is -3.48. The van der Waals surface area contributed by atoms with Gasteiger partial charge in [0.15, 0.2) is 0 Å². The molecule has 0 amide bonds. The number of piperidine rings is 1. The molecule has 20 heavy (non-hydrogen) atoms. The quantitative estimate of drug-likeness (QED) is 0.854. The van der Waals surface area contributed by atoms with Crippen LogP contribution in [0.5, 0.6) is 0 Å². The van der Waals surface area contributed by atoms with Gasteiger partial charge < -0.3 is 5.73 Å². The van der Waals surface area contributed by atoms with Crippen LogP contribution in [0.2, 0.25) is 0 Å². The molecule has 0 bridgehead atoms. The zero-order valence-electron chi connectivity index (χ0n) is 12.7. The van der Waals surface area contributed by atoms with E-state index in [1.165, 1.54) is 0 Å². The Bertz CT molecular complexity index is 601. The molecule has 1 heterocycles. The van der Waals surface area contributed by atoms with Gasteiger partial charge in [-0.25, -0.2) is 8.42 Å². The maximum Gasteiger partial charge on any atom is 0.243 e. The van der Waals surface area contributed by atoms with Crippen molar-refractivity contribution in [1.82, 2.24) is 4.31 Å². The Hall–Kier alpha value is -1.07. The summed E-state index contributed by atoms with van der Waals surface area (Å²) in [6.45, 7) is 7.63. The van der Waals surface area contributed by atoms with Crippen molar-refractivity contribution in [1.29, 1.82) is 0 Å². The number of rotatable bonds is 2. The minimum absolute atomic E-state index is 0.0462. The number of nitrogen functional groups attached to an aromatic ring is 1. The lowest BCUT2D eigenvalue weighted by Gasteiger charge is -2.38. The predicted molar refractivity (Wildman–Crippen MR) is 82.1 cm³/mol. The summed E-state index contributed by atoms with van der Waals surface area (Å²) in [5, 5.41) is 0. The maximum atomic E-state index is 13.0. The monoisotopic (exact) mass is 296 g/mol. The first-order valence-electron chi connectivity index (χ1n) is 7.15. The van der Waals surface area contributed by atoms with Crippen LogP contribution < -0.4 is 5.73 Å². The van der Waals surface area contributed by atoms with Crippen molar-refractivity contribution in [2.45, 2.75) is 63.9 Å². The van der Waals surface area contributed by atoms with E-state index in [9.17, 15) is 8.42 Å². The Balaban J connectivity index is 2.55. The van der Waals surface area contributed by atoms with E-state index in [0.717, 1.165) is 24.8 Å². The fourth-order valence-corrected chi connectivity index (χ4v) is 5.33. The molecule has 2 rings (SSSR count). The highest BCUT2D eigenvalue weighted by Gasteiger charge is 2.36. The summed E-state index contributed by atoms with van der Waals surface area (Å²) < 4.78 is 27.7. The smallest absolute Gasteiger partial charge is 0.243 e. The second-order valence-electron chi connectivity index (χ2n) is 5.94. The molecule has 1 aromatic carbocycles. The lowest BCUT2D eigenvalue weighted by molar-refractivity contribution is 0.204. The molecule has 1 aliphatic rings. The molecule has 2 atom stereocenters.